The van der Waals surface area contributed by atoms with Crippen LogP contribution < -0.4 is 4.74 Å². The summed E-state index contributed by atoms with van der Waals surface area (Å²) in [7, 11) is 2.21. The SMILES string of the molecule is Cc1ccc(C(C)(C)c2ccc(Sc3cnc(-c4noc(C)n4)nc3)c(CC(C)(c3ccc(C)cc3)c3ccc(OCC4CCCCN4C)cc3)c2)cc1. The van der Waals surface area contributed by atoms with E-state index in [1.54, 1.807) is 18.7 Å². The van der Waals surface area contributed by atoms with Gasteiger partial charge in [0.15, 0.2) is 0 Å². The molecule has 0 bridgehead atoms. The van der Waals surface area contributed by atoms with E-state index in [-0.39, 0.29) is 10.8 Å². The van der Waals surface area contributed by atoms with Crippen LogP contribution in [0, 0.1) is 20.8 Å². The van der Waals surface area contributed by atoms with Crippen molar-refractivity contribution >= 4 is 11.8 Å². The van der Waals surface area contributed by atoms with Gasteiger partial charge in [-0.1, -0.05) is 128 Å². The Morgan fingerprint density at radius 1 is 0.759 bits per heavy atom. The van der Waals surface area contributed by atoms with Crippen molar-refractivity contribution in [1.29, 1.82) is 0 Å². The van der Waals surface area contributed by atoms with Crippen molar-refractivity contribution < 1.29 is 9.26 Å². The van der Waals surface area contributed by atoms with Crippen molar-refractivity contribution in [3.8, 4) is 17.4 Å². The number of aryl methyl sites for hydroxylation is 3. The highest BCUT2D eigenvalue weighted by Gasteiger charge is 2.32. The van der Waals surface area contributed by atoms with Crippen LogP contribution in [0.15, 0.2) is 118 Å². The number of hydrogen-bond acceptors (Lipinski definition) is 8. The molecule has 2 unspecified atom stereocenters. The summed E-state index contributed by atoms with van der Waals surface area (Å²) in [5, 5.41) is 3.99. The van der Waals surface area contributed by atoms with Gasteiger partial charge >= 0.3 is 0 Å². The van der Waals surface area contributed by atoms with E-state index in [0.29, 0.717) is 30.2 Å². The molecular formula is C46H51N5O2S. The van der Waals surface area contributed by atoms with Crippen molar-refractivity contribution in [1.82, 2.24) is 25.0 Å². The zero-order valence-corrected chi connectivity index (χ0v) is 33.4. The lowest BCUT2D eigenvalue weighted by molar-refractivity contribution is 0.125. The van der Waals surface area contributed by atoms with Crippen LogP contribution in [0.5, 0.6) is 5.75 Å². The molecule has 54 heavy (non-hydrogen) atoms. The highest BCUT2D eigenvalue weighted by Crippen LogP contribution is 2.42. The van der Waals surface area contributed by atoms with E-state index >= 15 is 0 Å². The average Bonchev–Trinajstić information content (AvgIpc) is 3.62. The molecule has 2 atom stereocenters. The fraction of sp³-hybridized carbons (Fsp3) is 0.348. The molecule has 7 rings (SSSR count). The molecule has 7 nitrogen and oxygen atoms in total. The first-order valence-electron chi connectivity index (χ1n) is 19.0. The van der Waals surface area contributed by atoms with Gasteiger partial charge in [0.05, 0.1) is 0 Å². The highest BCUT2D eigenvalue weighted by molar-refractivity contribution is 7.99. The van der Waals surface area contributed by atoms with Gasteiger partial charge in [-0.2, -0.15) is 4.98 Å². The summed E-state index contributed by atoms with van der Waals surface area (Å²) in [5.41, 5.74) is 8.30. The molecule has 4 aromatic carbocycles. The number of ether oxygens (including phenoxy) is 1. The second kappa shape index (κ2) is 15.9. The number of nitrogens with zero attached hydrogens (tertiary/aromatic N) is 5. The van der Waals surface area contributed by atoms with E-state index < -0.39 is 0 Å². The lowest BCUT2D eigenvalue weighted by atomic mass is 9.71. The normalized spacial score (nSPS) is 16.2. The molecule has 1 aliphatic heterocycles. The van der Waals surface area contributed by atoms with Crippen LogP contribution in [-0.2, 0) is 17.3 Å². The van der Waals surface area contributed by atoms with Gasteiger partial charge in [-0.05, 0) is 92.7 Å². The second-order valence-electron chi connectivity index (χ2n) is 15.6. The van der Waals surface area contributed by atoms with E-state index in [2.05, 4.69) is 158 Å². The third kappa shape index (κ3) is 8.30. The van der Waals surface area contributed by atoms with Crippen molar-refractivity contribution in [3.63, 3.8) is 0 Å². The maximum Gasteiger partial charge on any atom is 0.240 e. The molecule has 0 radical (unpaired) electrons. The summed E-state index contributed by atoms with van der Waals surface area (Å²) < 4.78 is 11.5. The van der Waals surface area contributed by atoms with Crippen molar-refractivity contribution in [2.24, 2.45) is 0 Å². The lowest BCUT2D eigenvalue weighted by Crippen LogP contribution is -2.40. The number of rotatable bonds is 12. The molecular weight excluding hydrogens is 687 g/mol. The number of hydrogen-bond donors (Lipinski definition) is 0. The van der Waals surface area contributed by atoms with Crippen molar-refractivity contribution in [2.45, 2.75) is 93.9 Å². The van der Waals surface area contributed by atoms with Crippen LogP contribution in [0.25, 0.3) is 11.6 Å². The van der Waals surface area contributed by atoms with Gasteiger partial charge in [0, 0.05) is 46.0 Å². The number of piperidine rings is 1. The average molecular weight is 738 g/mol. The lowest BCUT2D eigenvalue weighted by Gasteiger charge is -2.34. The van der Waals surface area contributed by atoms with E-state index in [0.717, 1.165) is 23.6 Å². The molecule has 0 saturated carbocycles. The molecule has 0 N–H and O–H groups in total. The van der Waals surface area contributed by atoms with Gasteiger partial charge in [0.2, 0.25) is 17.5 Å². The predicted molar refractivity (Wildman–Crippen MR) is 217 cm³/mol. The summed E-state index contributed by atoms with van der Waals surface area (Å²) >= 11 is 1.68. The topological polar surface area (TPSA) is 77.2 Å². The largest absolute Gasteiger partial charge is 0.492 e. The Balaban J connectivity index is 1.25. The van der Waals surface area contributed by atoms with Crippen LogP contribution in [-0.4, -0.2) is 51.2 Å². The molecule has 0 spiro atoms. The summed E-state index contributed by atoms with van der Waals surface area (Å²) in [4.78, 5) is 18.0. The van der Waals surface area contributed by atoms with Crippen LogP contribution in [0.1, 0.15) is 84.9 Å². The first kappa shape index (κ1) is 37.5. The van der Waals surface area contributed by atoms with E-state index in [9.17, 15) is 0 Å². The number of likely N-dealkylation sites (N-methyl/N-ethyl adjacent to an activating group) is 1. The molecule has 1 fully saturated rings. The van der Waals surface area contributed by atoms with Crippen LogP contribution in [0.2, 0.25) is 0 Å². The minimum absolute atomic E-state index is 0.204. The first-order chi connectivity index (χ1) is 26.0. The summed E-state index contributed by atoms with van der Waals surface area (Å²) in [6.45, 7) is 14.9. The van der Waals surface area contributed by atoms with Gasteiger partial charge in [-0.15, -0.1) is 0 Å². The standard InChI is InChI=1S/C46H51N5O2S/c1-31-11-15-35(16-12-31)45(4,5)38-21-24-42(54-41-28-47-43(48-29-41)44-49-33(3)53-50-44)34(26-38)27-46(6,36-17-13-32(2)14-18-36)37-19-22-40(23-20-37)52-30-39-10-8-9-25-51(39)7/h11-24,26,28-29,39H,8-10,25,27,30H2,1-7H3. The molecule has 0 amide bonds. The third-order valence-electron chi connectivity index (χ3n) is 11.2. The van der Waals surface area contributed by atoms with Gasteiger partial charge in [0.25, 0.3) is 0 Å². The fourth-order valence-corrected chi connectivity index (χ4v) is 8.35. The molecule has 8 heteroatoms. The Morgan fingerprint density at radius 2 is 1.37 bits per heavy atom. The minimum Gasteiger partial charge on any atom is -0.492 e. The Bertz CT molecular complexity index is 2160. The summed E-state index contributed by atoms with van der Waals surface area (Å²) in [5.74, 6) is 2.23. The molecule has 0 aliphatic carbocycles. The quantitative estimate of drug-likeness (QED) is 0.123. The van der Waals surface area contributed by atoms with Crippen LogP contribution >= 0.6 is 11.8 Å². The Kier molecular flexibility index (Phi) is 11.0. The van der Waals surface area contributed by atoms with E-state index in [1.165, 1.54) is 63.1 Å². The van der Waals surface area contributed by atoms with Gasteiger partial charge in [-0.3, -0.25) is 0 Å². The Hall–Kier alpha value is -4.79. The maximum absolute atomic E-state index is 6.38. The van der Waals surface area contributed by atoms with Crippen LogP contribution in [0.4, 0.5) is 0 Å². The van der Waals surface area contributed by atoms with Gasteiger partial charge < -0.3 is 14.2 Å². The summed E-state index contributed by atoms with van der Waals surface area (Å²) in [6, 6.07) is 34.2. The number of likely N-dealkylation sites (tertiary alicyclic amines) is 1. The maximum atomic E-state index is 6.38. The molecule has 278 valence electrons. The minimum atomic E-state index is -0.339. The fourth-order valence-electron chi connectivity index (χ4n) is 7.48. The van der Waals surface area contributed by atoms with Crippen LogP contribution in [0.3, 0.4) is 0 Å². The van der Waals surface area contributed by atoms with Crippen molar-refractivity contribution in [3.05, 3.63) is 148 Å². The monoisotopic (exact) mass is 737 g/mol. The molecule has 1 aliphatic rings. The van der Waals surface area contributed by atoms with Crippen molar-refractivity contribution in [2.75, 3.05) is 20.2 Å². The number of benzene rings is 4. The van der Waals surface area contributed by atoms with E-state index in [1.807, 2.05) is 12.4 Å². The zero-order chi connectivity index (χ0) is 37.9. The van der Waals surface area contributed by atoms with E-state index in [4.69, 9.17) is 9.26 Å². The Morgan fingerprint density at radius 3 is 1.98 bits per heavy atom. The summed E-state index contributed by atoms with van der Waals surface area (Å²) in [6.07, 6.45) is 8.20. The highest BCUT2D eigenvalue weighted by atomic mass is 32.2. The first-order valence-corrected chi connectivity index (χ1v) is 19.8. The molecule has 1 saturated heterocycles. The van der Waals surface area contributed by atoms with Gasteiger partial charge in [-0.25, -0.2) is 9.97 Å². The predicted octanol–water partition coefficient (Wildman–Crippen LogP) is 10.3. The third-order valence-corrected chi connectivity index (χ3v) is 12.3. The Labute approximate surface area is 324 Å². The molecule has 6 aromatic rings. The molecule has 3 heterocycles. The zero-order valence-electron chi connectivity index (χ0n) is 32.6. The smallest absolute Gasteiger partial charge is 0.240 e. The number of aromatic nitrogens is 4. The van der Waals surface area contributed by atoms with Gasteiger partial charge in [0.1, 0.15) is 12.4 Å². The molecule has 2 aromatic heterocycles. The second-order valence-corrected chi connectivity index (χ2v) is 16.8.